The van der Waals surface area contributed by atoms with Gasteiger partial charge in [0.25, 0.3) is 0 Å². The Morgan fingerprint density at radius 1 is 0.171 bits per heavy atom. The van der Waals surface area contributed by atoms with E-state index in [1.807, 2.05) is 0 Å². The van der Waals surface area contributed by atoms with Crippen LogP contribution in [0, 0.1) is 0 Å². The smallest absolute Gasteiger partial charge is 0.550 e. The molecule has 0 rings (SSSR count). The van der Waals surface area contributed by atoms with E-state index in [1.54, 1.807) is 0 Å². The van der Waals surface area contributed by atoms with Gasteiger partial charge < -0.3 is 39.6 Å². The van der Waals surface area contributed by atoms with E-state index in [9.17, 15) is 39.6 Å². The molecule has 484 valence electrons. The number of unbranched alkanes of at least 4 members (excludes halogenated alkanes) is 56. The number of hydrogen-bond acceptors (Lipinski definition) is 8. The van der Waals surface area contributed by atoms with Crippen molar-refractivity contribution in [2.45, 2.75) is 439 Å². The van der Waals surface area contributed by atoms with E-state index in [1.165, 1.54) is 334 Å². The molecule has 0 heterocycles. The van der Waals surface area contributed by atoms with Gasteiger partial charge in [-0.2, -0.15) is 0 Å². The predicted molar refractivity (Wildman–Crippen MR) is 350 cm³/mol. The van der Waals surface area contributed by atoms with E-state index in [2.05, 4.69) is 27.7 Å². The third-order valence-corrected chi connectivity index (χ3v) is 15.9. The molecule has 0 fully saturated rings. The van der Waals surface area contributed by atoms with Gasteiger partial charge in [-0.05, 0) is 51.4 Å². The molecule has 0 aliphatic heterocycles. The molecule has 0 bridgehead atoms. The molecule has 0 aliphatic carbocycles. The Labute approximate surface area is 553 Å². The minimum Gasteiger partial charge on any atom is -0.550 e. The molecule has 0 atom stereocenters. The van der Waals surface area contributed by atoms with Gasteiger partial charge in [0.2, 0.25) is 0 Å². The molecule has 0 saturated heterocycles. The van der Waals surface area contributed by atoms with Gasteiger partial charge in [0.05, 0.1) is 0 Å². The van der Waals surface area contributed by atoms with Crippen molar-refractivity contribution < 1.29 is 39.6 Å². The number of carboxylic acid groups (broad SMARTS) is 4. The first-order valence-corrected chi connectivity index (χ1v) is 35.9. The van der Waals surface area contributed by atoms with Crippen LogP contribution in [0.1, 0.15) is 439 Å². The third-order valence-electron chi connectivity index (χ3n) is 15.9. The Morgan fingerprint density at radius 2 is 0.244 bits per heavy atom. The summed E-state index contributed by atoms with van der Waals surface area (Å²) in [4.78, 5) is 40.9. The van der Waals surface area contributed by atoms with Gasteiger partial charge in [0, 0.05) is 41.5 Å². The van der Waals surface area contributed by atoms with Gasteiger partial charge in [-0.15, -0.1) is 0 Å². The molecule has 0 saturated carbocycles. The van der Waals surface area contributed by atoms with Crippen LogP contribution in [0.5, 0.6) is 0 Å². The van der Waals surface area contributed by atoms with Crippen LogP contribution < -0.4 is 20.4 Å². The Bertz CT molecular complexity index is 998. The van der Waals surface area contributed by atoms with Crippen molar-refractivity contribution in [3.05, 3.63) is 0 Å². The standard InChI is InChI=1S/4C18H36O2.Ca.Ge/c4*1-2-3-4-5-6-7-8-9-10-11-12-13-14-15-16-17-18(19)20;;/h4*2-17H2,1H3,(H,19,20);;/q;;;;+2;/p-4. The van der Waals surface area contributed by atoms with Gasteiger partial charge >= 0.3 is 37.7 Å². The largest absolute Gasteiger partial charge is 2.00 e. The molecule has 10 heteroatoms. The van der Waals surface area contributed by atoms with Crippen molar-refractivity contribution >= 4 is 79.2 Å². The number of aliphatic carboxylic acids is 4. The maximum absolute atomic E-state index is 10.2. The van der Waals surface area contributed by atoms with Crippen LogP contribution >= 0.6 is 0 Å². The molecule has 82 heavy (non-hydrogen) atoms. The van der Waals surface area contributed by atoms with Crippen LogP contribution in [0.4, 0.5) is 0 Å². The van der Waals surface area contributed by atoms with Crippen molar-refractivity contribution in [3.63, 3.8) is 0 Å². The normalized spacial score (nSPS) is 10.6. The van der Waals surface area contributed by atoms with Crippen molar-refractivity contribution in [1.29, 1.82) is 0 Å². The van der Waals surface area contributed by atoms with Crippen LogP contribution in [-0.2, 0) is 19.2 Å². The van der Waals surface area contributed by atoms with E-state index in [4.69, 9.17) is 0 Å². The van der Waals surface area contributed by atoms with Crippen LogP contribution in [0.2, 0.25) is 0 Å². The van der Waals surface area contributed by atoms with E-state index >= 15 is 0 Å². The molecule has 0 spiro atoms. The summed E-state index contributed by atoms with van der Waals surface area (Å²) in [5, 5.41) is 40.9. The molecule has 0 aromatic heterocycles. The van der Waals surface area contributed by atoms with Gasteiger partial charge in [-0.25, -0.2) is 0 Å². The third kappa shape index (κ3) is 108. The molecular weight excluding hydrogens is 1110 g/mol. The topological polar surface area (TPSA) is 161 Å². The van der Waals surface area contributed by atoms with Gasteiger partial charge in [0.1, 0.15) is 0 Å². The maximum Gasteiger partial charge on any atom is 2.00 e. The fraction of sp³-hybridized carbons (Fsp3) is 0.944. The quantitative estimate of drug-likeness (QED) is 0.0430. The van der Waals surface area contributed by atoms with Crippen LogP contribution in [0.15, 0.2) is 0 Å². The van der Waals surface area contributed by atoms with Gasteiger partial charge in [0.15, 0.2) is 0 Å². The monoisotopic (exact) mass is 1250 g/mol. The summed E-state index contributed by atoms with van der Waals surface area (Å²) in [6.07, 6.45) is 79.4. The molecule has 8 nitrogen and oxygen atoms in total. The molecule has 0 aromatic carbocycles. The minimum absolute atomic E-state index is 0. The van der Waals surface area contributed by atoms with E-state index in [-0.39, 0.29) is 81.0 Å². The Hall–Kier alpha value is -0.317. The number of hydrogen-bond donors (Lipinski definition) is 0. The second-order valence-corrected chi connectivity index (χ2v) is 24.3. The zero-order valence-electron chi connectivity index (χ0n) is 55.7. The van der Waals surface area contributed by atoms with Crippen LogP contribution in [0.3, 0.4) is 0 Å². The second kappa shape index (κ2) is 89.4. The van der Waals surface area contributed by atoms with Crippen molar-refractivity contribution in [1.82, 2.24) is 0 Å². The Balaban J connectivity index is -0.000000233. The minimum atomic E-state index is -0.903. The summed E-state index contributed by atoms with van der Waals surface area (Å²) in [5.41, 5.74) is 0. The predicted octanol–water partition coefficient (Wildman–Crippen LogP) is 19.2. The first-order chi connectivity index (χ1) is 39.1. The fourth-order valence-corrected chi connectivity index (χ4v) is 10.6. The molecular formula is C72H140CaGeO8-2. The number of carboxylic acids is 4. The zero-order valence-corrected chi connectivity index (χ0v) is 60.0. The summed E-state index contributed by atoms with van der Waals surface area (Å²) >= 11 is 0. The molecule has 0 aliphatic rings. The van der Waals surface area contributed by atoms with Crippen molar-refractivity contribution in [2.75, 3.05) is 0 Å². The Kier molecular flexibility index (Phi) is 101. The number of carbonyl (C=O) groups excluding carboxylic acids is 4. The summed E-state index contributed by atoms with van der Waals surface area (Å²) in [7, 11) is 0. The van der Waals surface area contributed by atoms with E-state index in [0.717, 1.165) is 51.4 Å². The first-order valence-electron chi connectivity index (χ1n) is 35.9. The van der Waals surface area contributed by atoms with E-state index in [0.29, 0.717) is 0 Å². The van der Waals surface area contributed by atoms with Crippen molar-refractivity contribution in [2.24, 2.45) is 0 Å². The van der Waals surface area contributed by atoms with Crippen LogP contribution in [0.25, 0.3) is 0 Å². The zero-order chi connectivity index (χ0) is 59.6. The van der Waals surface area contributed by atoms with Crippen molar-refractivity contribution in [3.8, 4) is 0 Å². The van der Waals surface area contributed by atoms with Gasteiger partial charge in [-0.1, -0.05) is 387 Å². The fourth-order valence-electron chi connectivity index (χ4n) is 10.6. The second-order valence-electron chi connectivity index (χ2n) is 24.3. The number of carbonyl (C=O) groups is 4. The molecule has 4 radical (unpaired) electrons. The Morgan fingerprint density at radius 3 is 0.317 bits per heavy atom. The molecule has 0 aromatic rings. The summed E-state index contributed by atoms with van der Waals surface area (Å²) < 4.78 is 0. The molecule has 0 N–H and O–H groups in total. The number of rotatable bonds is 64. The SMILES string of the molecule is CCCCCCCCCCCCCCCCCC(=O)[O-].CCCCCCCCCCCCCCCCCC(=O)[O-].CCCCCCCCCCCCCCCCCC(=O)[O-].CCCCCCCCCCCCCCCCCC(=O)[O-].[Ca+2].[Ge]. The van der Waals surface area contributed by atoms with Gasteiger partial charge in [-0.3, -0.25) is 0 Å². The summed E-state index contributed by atoms with van der Waals surface area (Å²) in [6, 6.07) is 0. The summed E-state index contributed by atoms with van der Waals surface area (Å²) in [5.74, 6) is -3.61. The summed E-state index contributed by atoms with van der Waals surface area (Å²) in [6.45, 7) is 9.07. The van der Waals surface area contributed by atoms with Crippen LogP contribution in [-0.4, -0.2) is 79.2 Å². The first kappa shape index (κ1) is 92.8. The molecule has 0 unspecified atom stereocenters. The average Bonchev–Trinajstić information content (AvgIpc) is 3.43. The maximum atomic E-state index is 10.2. The molecule has 0 amide bonds. The average molecular weight is 1250 g/mol. The van der Waals surface area contributed by atoms with E-state index < -0.39 is 23.9 Å².